The predicted octanol–water partition coefficient (Wildman–Crippen LogP) is 1.72. The Labute approximate surface area is 114 Å². The molecule has 104 valence electrons. The van der Waals surface area contributed by atoms with E-state index in [-0.39, 0.29) is 11.5 Å². The minimum Gasteiger partial charge on any atom is -0.493 e. The van der Waals surface area contributed by atoms with Crippen molar-refractivity contribution in [2.45, 2.75) is 6.61 Å². The van der Waals surface area contributed by atoms with Crippen molar-refractivity contribution in [3.8, 4) is 11.5 Å². The monoisotopic (exact) mass is 289 g/mol. The molecule has 0 aliphatic carbocycles. The van der Waals surface area contributed by atoms with Crippen LogP contribution in [0.2, 0.25) is 0 Å². The third-order valence-corrected chi connectivity index (χ3v) is 2.31. The third-order valence-electron chi connectivity index (χ3n) is 2.01. The SMILES string of the molecule is CNC(=S)NN=Cc1ccc(OC(F)F)c(OC)c1. The molecule has 0 amide bonds. The number of alkyl halides is 2. The zero-order valence-electron chi connectivity index (χ0n) is 10.3. The van der Waals surface area contributed by atoms with Gasteiger partial charge in [0.25, 0.3) is 0 Å². The lowest BCUT2D eigenvalue weighted by atomic mass is 10.2. The Balaban J connectivity index is 2.79. The van der Waals surface area contributed by atoms with Gasteiger partial charge in [-0.05, 0) is 36.0 Å². The van der Waals surface area contributed by atoms with Gasteiger partial charge in [-0.3, -0.25) is 5.43 Å². The first-order valence-electron chi connectivity index (χ1n) is 5.20. The normalized spacial score (nSPS) is 10.6. The fourth-order valence-electron chi connectivity index (χ4n) is 1.18. The summed E-state index contributed by atoms with van der Waals surface area (Å²) in [6.45, 7) is -2.90. The molecule has 0 spiro atoms. The van der Waals surface area contributed by atoms with Crippen molar-refractivity contribution in [2.75, 3.05) is 14.2 Å². The van der Waals surface area contributed by atoms with Gasteiger partial charge in [0.15, 0.2) is 16.6 Å². The Kier molecular flexibility index (Phi) is 5.94. The largest absolute Gasteiger partial charge is 0.493 e. The molecule has 0 saturated carbocycles. The van der Waals surface area contributed by atoms with Gasteiger partial charge in [-0.1, -0.05) is 0 Å². The van der Waals surface area contributed by atoms with E-state index in [1.54, 1.807) is 13.1 Å². The summed E-state index contributed by atoms with van der Waals surface area (Å²) in [5.74, 6) is 0.161. The minimum atomic E-state index is -2.90. The molecular formula is C11H13F2N3O2S. The topological polar surface area (TPSA) is 54.9 Å². The molecule has 0 aromatic heterocycles. The summed E-state index contributed by atoms with van der Waals surface area (Å²) in [5.41, 5.74) is 3.21. The number of hydrogen-bond donors (Lipinski definition) is 2. The van der Waals surface area contributed by atoms with Gasteiger partial charge in [0.2, 0.25) is 0 Å². The van der Waals surface area contributed by atoms with Gasteiger partial charge in [0.1, 0.15) is 0 Å². The van der Waals surface area contributed by atoms with E-state index in [1.165, 1.54) is 25.5 Å². The van der Waals surface area contributed by atoms with Crippen LogP contribution in [0.25, 0.3) is 0 Å². The first-order valence-corrected chi connectivity index (χ1v) is 5.61. The van der Waals surface area contributed by atoms with E-state index in [0.29, 0.717) is 10.7 Å². The number of benzene rings is 1. The molecule has 1 rings (SSSR count). The smallest absolute Gasteiger partial charge is 0.387 e. The lowest BCUT2D eigenvalue weighted by molar-refractivity contribution is -0.0512. The van der Waals surface area contributed by atoms with E-state index in [0.717, 1.165) is 0 Å². The summed E-state index contributed by atoms with van der Waals surface area (Å²) in [6, 6.07) is 4.46. The number of nitrogens with one attached hydrogen (secondary N) is 2. The highest BCUT2D eigenvalue weighted by Crippen LogP contribution is 2.28. The molecule has 0 atom stereocenters. The number of ether oxygens (including phenoxy) is 2. The Morgan fingerprint density at radius 3 is 2.74 bits per heavy atom. The van der Waals surface area contributed by atoms with Gasteiger partial charge in [-0.15, -0.1) is 0 Å². The molecule has 0 aliphatic rings. The number of hydrazone groups is 1. The lowest BCUT2D eigenvalue weighted by Gasteiger charge is -2.10. The van der Waals surface area contributed by atoms with Gasteiger partial charge >= 0.3 is 6.61 Å². The van der Waals surface area contributed by atoms with Crippen LogP contribution in [0.1, 0.15) is 5.56 Å². The fraction of sp³-hybridized carbons (Fsp3) is 0.273. The fourth-order valence-corrected chi connectivity index (χ4v) is 1.23. The minimum absolute atomic E-state index is 0.0339. The number of rotatable bonds is 5. The first-order chi connectivity index (χ1) is 9.06. The molecule has 0 saturated heterocycles. The molecule has 8 heteroatoms. The summed E-state index contributed by atoms with van der Waals surface area (Å²) < 4.78 is 33.5. The van der Waals surface area contributed by atoms with Crippen LogP contribution in [0.5, 0.6) is 11.5 Å². The van der Waals surface area contributed by atoms with Crippen molar-refractivity contribution in [1.82, 2.24) is 10.7 Å². The molecule has 0 radical (unpaired) electrons. The van der Waals surface area contributed by atoms with Gasteiger partial charge in [0.05, 0.1) is 13.3 Å². The second-order valence-corrected chi connectivity index (χ2v) is 3.65. The molecular weight excluding hydrogens is 276 g/mol. The van der Waals surface area contributed by atoms with Crippen LogP contribution in [0.4, 0.5) is 8.78 Å². The zero-order chi connectivity index (χ0) is 14.3. The predicted molar refractivity (Wildman–Crippen MR) is 72.0 cm³/mol. The molecule has 5 nitrogen and oxygen atoms in total. The van der Waals surface area contributed by atoms with Crippen LogP contribution in [0, 0.1) is 0 Å². The van der Waals surface area contributed by atoms with Crippen LogP contribution in [0.15, 0.2) is 23.3 Å². The highest BCUT2D eigenvalue weighted by Gasteiger charge is 2.10. The number of halogens is 2. The molecule has 0 aliphatic heterocycles. The highest BCUT2D eigenvalue weighted by atomic mass is 32.1. The van der Waals surface area contributed by atoms with Gasteiger partial charge in [0, 0.05) is 7.05 Å². The molecule has 0 bridgehead atoms. The number of methoxy groups -OCH3 is 1. The van der Waals surface area contributed by atoms with Crippen LogP contribution in [-0.2, 0) is 0 Å². The van der Waals surface area contributed by atoms with Crippen molar-refractivity contribution in [1.29, 1.82) is 0 Å². The maximum absolute atomic E-state index is 12.1. The second-order valence-electron chi connectivity index (χ2n) is 3.24. The molecule has 1 aromatic rings. The van der Waals surface area contributed by atoms with Crippen LogP contribution in [0.3, 0.4) is 0 Å². The Hall–Kier alpha value is -1.96. The molecule has 0 unspecified atom stereocenters. The maximum Gasteiger partial charge on any atom is 0.387 e. The Bertz CT molecular complexity index is 469. The van der Waals surface area contributed by atoms with Gasteiger partial charge < -0.3 is 14.8 Å². The molecule has 19 heavy (non-hydrogen) atoms. The van der Waals surface area contributed by atoms with Crippen molar-refractivity contribution < 1.29 is 18.3 Å². The first kappa shape index (κ1) is 15.1. The number of thiocarbonyl (C=S) groups is 1. The average molecular weight is 289 g/mol. The van der Waals surface area contributed by atoms with Crippen molar-refractivity contribution in [3.63, 3.8) is 0 Å². The van der Waals surface area contributed by atoms with E-state index >= 15 is 0 Å². The quantitative estimate of drug-likeness (QED) is 0.491. The maximum atomic E-state index is 12.1. The second kappa shape index (κ2) is 7.47. The molecule has 0 heterocycles. The van der Waals surface area contributed by atoms with E-state index in [4.69, 9.17) is 17.0 Å². The van der Waals surface area contributed by atoms with Crippen LogP contribution < -0.4 is 20.2 Å². The van der Waals surface area contributed by atoms with E-state index in [2.05, 4.69) is 20.6 Å². The lowest BCUT2D eigenvalue weighted by Crippen LogP contribution is -2.28. The molecule has 2 N–H and O–H groups in total. The average Bonchev–Trinajstić information content (AvgIpc) is 2.39. The van der Waals surface area contributed by atoms with Gasteiger partial charge in [-0.25, -0.2) is 0 Å². The van der Waals surface area contributed by atoms with Crippen molar-refractivity contribution >= 4 is 23.5 Å². The summed E-state index contributed by atoms with van der Waals surface area (Å²) >= 11 is 4.82. The molecule has 0 fully saturated rings. The van der Waals surface area contributed by atoms with E-state index < -0.39 is 6.61 Å². The summed E-state index contributed by atoms with van der Waals surface area (Å²) in [4.78, 5) is 0. The van der Waals surface area contributed by atoms with Crippen LogP contribution in [-0.4, -0.2) is 32.1 Å². The standard InChI is InChI=1S/C11H13F2N3O2S/c1-14-11(19)16-15-6-7-3-4-8(18-10(12)13)9(5-7)17-2/h3-6,10H,1-2H3,(H2,14,16,19). The van der Waals surface area contributed by atoms with E-state index in [9.17, 15) is 8.78 Å². The van der Waals surface area contributed by atoms with Gasteiger partial charge in [-0.2, -0.15) is 13.9 Å². The Morgan fingerprint density at radius 1 is 1.42 bits per heavy atom. The summed E-state index contributed by atoms with van der Waals surface area (Å²) in [7, 11) is 3.02. The number of nitrogens with zero attached hydrogens (tertiary/aromatic N) is 1. The Morgan fingerprint density at radius 2 is 2.16 bits per heavy atom. The highest BCUT2D eigenvalue weighted by molar-refractivity contribution is 7.80. The number of hydrogen-bond acceptors (Lipinski definition) is 4. The third kappa shape index (κ3) is 5.04. The van der Waals surface area contributed by atoms with Crippen LogP contribution >= 0.6 is 12.2 Å². The summed E-state index contributed by atoms with van der Waals surface area (Å²) in [6.07, 6.45) is 1.47. The summed E-state index contributed by atoms with van der Waals surface area (Å²) in [5, 5.41) is 6.90. The van der Waals surface area contributed by atoms with Crippen molar-refractivity contribution in [3.05, 3.63) is 23.8 Å². The molecule has 1 aromatic carbocycles. The van der Waals surface area contributed by atoms with E-state index in [1.807, 2.05) is 0 Å². The van der Waals surface area contributed by atoms with Crippen molar-refractivity contribution in [2.24, 2.45) is 5.10 Å². The zero-order valence-corrected chi connectivity index (χ0v) is 11.1.